The van der Waals surface area contributed by atoms with Crippen molar-refractivity contribution in [2.75, 3.05) is 11.1 Å². The van der Waals surface area contributed by atoms with E-state index >= 15 is 0 Å². The molecule has 10 heteroatoms. The van der Waals surface area contributed by atoms with E-state index in [1.54, 1.807) is 27.7 Å². The highest BCUT2D eigenvalue weighted by atomic mass is 32.2. The van der Waals surface area contributed by atoms with Gasteiger partial charge in [0.1, 0.15) is 5.69 Å². The van der Waals surface area contributed by atoms with Crippen LogP contribution in [0.5, 0.6) is 0 Å². The average molecular weight is 483 g/mol. The molecule has 3 heterocycles. The summed E-state index contributed by atoms with van der Waals surface area (Å²) in [4.78, 5) is 27.0. The van der Waals surface area contributed by atoms with E-state index in [1.807, 2.05) is 41.8 Å². The molecule has 0 bridgehead atoms. The molecular formula is C23H26N6O2S2. The Morgan fingerprint density at radius 2 is 1.91 bits per heavy atom. The number of benzene rings is 1. The van der Waals surface area contributed by atoms with Crippen LogP contribution in [-0.2, 0) is 11.8 Å². The summed E-state index contributed by atoms with van der Waals surface area (Å²) in [6.07, 6.45) is 0. The number of para-hydroxylation sites is 1. The van der Waals surface area contributed by atoms with Crippen LogP contribution in [0.15, 0.2) is 51.7 Å². The van der Waals surface area contributed by atoms with E-state index in [9.17, 15) is 9.59 Å². The number of anilines is 1. The van der Waals surface area contributed by atoms with Crippen molar-refractivity contribution in [2.24, 2.45) is 7.05 Å². The first kappa shape index (κ1) is 23.1. The minimum absolute atomic E-state index is 0.118. The number of thioether (sulfide) groups is 1. The summed E-state index contributed by atoms with van der Waals surface area (Å²) in [5.74, 6) is 0.645. The maximum absolute atomic E-state index is 13.0. The molecule has 0 aliphatic carbocycles. The first-order chi connectivity index (χ1) is 15.8. The molecule has 0 saturated carbocycles. The van der Waals surface area contributed by atoms with Crippen LogP contribution < -0.4 is 10.9 Å². The first-order valence-electron chi connectivity index (χ1n) is 10.5. The van der Waals surface area contributed by atoms with E-state index in [4.69, 9.17) is 0 Å². The number of amides is 1. The van der Waals surface area contributed by atoms with Gasteiger partial charge in [-0.3, -0.25) is 18.8 Å². The molecule has 0 radical (unpaired) electrons. The number of aromatic nitrogens is 5. The van der Waals surface area contributed by atoms with E-state index in [1.165, 1.54) is 16.6 Å². The molecule has 33 heavy (non-hydrogen) atoms. The molecule has 8 nitrogen and oxygen atoms in total. The van der Waals surface area contributed by atoms with E-state index in [0.717, 1.165) is 17.1 Å². The highest BCUT2D eigenvalue weighted by Crippen LogP contribution is 2.30. The number of carbonyl (C=O) groups is 1. The van der Waals surface area contributed by atoms with Gasteiger partial charge in [0.25, 0.3) is 5.56 Å². The molecular weight excluding hydrogens is 456 g/mol. The van der Waals surface area contributed by atoms with Crippen molar-refractivity contribution >= 4 is 34.7 Å². The predicted octanol–water partition coefficient (Wildman–Crippen LogP) is 4.42. The number of rotatable bonds is 7. The number of aryl methyl sites for hydroxylation is 1. The van der Waals surface area contributed by atoms with Crippen LogP contribution in [0.4, 0.5) is 5.69 Å². The third kappa shape index (κ3) is 4.53. The Labute approximate surface area is 200 Å². The Morgan fingerprint density at radius 1 is 1.18 bits per heavy atom. The molecule has 0 saturated heterocycles. The number of thiophene rings is 1. The fourth-order valence-electron chi connectivity index (χ4n) is 3.62. The van der Waals surface area contributed by atoms with E-state index in [0.29, 0.717) is 10.9 Å². The van der Waals surface area contributed by atoms with Crippen LogP contribution in [0.2, 0.25) is 0 Å². The maximum Gasteiger partial charge on any atom is 0.295 e. The van der Waals surface area contributed by atoms with Crippen molar-refractivity contribution in [2.45, 2.75) is 38.9 Å². The van der Waals surface area contributed by atoms with Crippen LogP contribution in [0.3, 0.4) is 0 Å². The Hall–Kier alpha value is -3.11. The molecule has 1 aromatic carbocycles. The zero-order valence-corrected chi connectivity index (χ0v) is 20.8. The van der Waals surface area contributed by atoms with Crippen molar-refractivity contribution in [1.29, 1.82) is 0 Å². The smallest absolute Gasteiger partial charge is 0.295 e. The van der Waals surface area contributed by atoms with E-state index in [-0.39, 0.29) is 28.9 Å². The lowest BCUT2D eigenvalue weighted by Crippen LogP contribution is -2.23. The summed E-state index contributed by atoms with van der Waals surface area (Å²) < 4.78 is 5.32. The molecule has 3 aromatic heterocycles. The van der Waals surface area contributed by atoms with Crippen molar-refractivity contribution in [3.8, 4) is 17.1 Å². The van der Waals surface area contributed by atoms with Gasteiger partial charge >= 0.3 is 0 Å². The number of hydrogen-bond donors (Lipinski definition) is 1. The zero-order valence-electron chi connectivity index (χ0n) is 19.2. The fourth-order valence-corrected chi connectivity index (χ4v) is 5.16. The van der Waals surface area contributed by atoms with Crippen molar-refractivity contribution < 1.29 is 4.79 Å². The SMILES string of the molecule is Cc1cc(-c2nnc(SCC(=O)Nc3c(C)n(C)n(-c4ccccc4)c3=O)n2C(C)C)cs1. The molecule has 4 aromatic rings. The summed E-state index contributed by atoms with van der Waals surface area (Å²) in [7, 11) is 1.80. The van der Waals surface area contributed by atoms with Crippen LogP contribution >= 0.6 is 23.1 Å². The van der Waals surface area contributed by atoms with Crippen LogP contribution in [0.25, 0.3) is 17.1 Å². The largest absolute Gasteiger partial charge is 0.319 e. The van der Waals surface area contributed by atoms with Crippen molar-refractivity contribution in [3.63, 3.8) is 0 Å². The van der Waals surface area contributed by atoms with Gasteiger partial charge in [0.2, 0.25) is 5.91 Å². The monoisotopic (exact) mass is 482 g/mol. The average Bonchev–Trinajstić information content (AvgIpc) is 3.46. The summed E-state index contributed by atoms with van der Waals surface area (Å²) >= 11 is 2.98. The highest BCUT2D eigenvalue weighted by molar-refractivity contribution is 7.99. The van der Waals surface area contributed by atoms with Gasteiger partial charge in [-0.15, -0.1) is 21.5 Å². The van der Waals surface area contributed by atoms with Crippen molar-refractivity contribution in [3.05, 3.63) is 62.7 Å². The first-order valence-corrected chi connectivity index (χ1v) is 12.4. The fraction of sp³-hybridized carbons (Fsp3) is 0.304. The second-order valence-corrected chi connectivity index (χ2v) is 10.0. The molecule has 0 fully saturated rings. The number of nitrogens with zero attached hydrogens (tertiary/aromatic N) is 5. The molecule has 0 atom stereocenters. The van der Waals surface area contributed by atoms with Crippen molar-refractivity contribution in [1.82, 2.24) is 24.1 Å². The third-order valence-electron chi connectivity index (χ3n) is 5.32. The molecule has 172 valence electrons. The molecule has 1 amide bonds. The third-order valence-corrected chi connectivity index (χ3v) is 7.13. The molecule has 1 N–H and O–H groups in total. The predicted molar refractivity (Wildman–Crippen MR) is 134 cm³/mol. The van der Waals surface area contributed by atoms with Gasteiger partial charge in [-0.05, 0) is 45.9 Å². The summed E-state index contributed by atoms with van der Waals surface area (Å²) in [6.45, 7) is 8.00. The summed E-state index contributed by atoms with van der Waals surface area (Å²) in [5, 5.41) is 14.2. The van der Waals surface area contributed by atoms with Gasteiger partial charge in [0.05, 0.1) is 17.1 Å². The van der Waals surface area contributed by atoms with Crippen LogP contribution in [0.1, 0.15) is 30.5 Å². The van der Waals surface area contributed by atoms with Gasteiger partial charge in [-0.25, -0.2) is 4.68 Å². The molecule has 0 aliphatic rings. The molecule has 4 rings (SSSR count). The second kappa shape index (κ2) is 9.40. The highest BCUT2D eigenvalue weighted by Gasteiger charge is 2.21. The van der Waals surface area contributed by atoms with Gasteiger partial charge in [0.15, 0.2) is 11.0 Å². The van der Waals surface area contributed by atoms with Crippen LogP contribution in [-0.4, -0.2) is 35.8 Å². The number of nitrogens with one attached hydrogen (secondary N) is 1. The van der Waals surface area contributed by atoms with E-state index in [2.05, 4.69) is 47.7 Å². The van der Waals surface area contributed by atoms with E-state index < -0.39 is 0 Å². The quantitative estimate of drug-likeness (QED) is 0.394. The Morgan fingerprint density at radius 3 is 2.55 bits per heavy atom. The minimum Gasteiger partial charge on any atom is -0.319 e. The van der Waals surface area contributed by atoms with Gasteiger partial charge in [0, 0.05) is 28.9 Å². The second-order valence-electron chi connectivity index (χ2n) is 7.99. The Balaban J connectivity index is 1.52. The Bertz CT molecular complexity index is 1350. The standard InChI is InChI=1S/C23H26N6O2S2/c1-14(2)28-21(17-11-15(3)32-12-17)25-26-23(28)33-13-19(30)24-20-16(4)27(5)29(22(20)31)18-9-7-6-8-10-18/h6-12,14H,13H2,1-5H3,(H,24,30). The minimum atomic E-state index is -0.266. The van der Waals surface area contributed by atoms with Gasteiger partial charge in [-0.1, -0.05) is 30.0 Å². The Kier molecular flexibility index (Phi) is 6.57. The maximum atomic E-state index is 13.0. The topological polar surface area (TPSA) is 86.7 Å². The lowest BCUT2D eigenvalue weighted by molar-refractivity contribution is -0.113. The van der Waals surface area contributed by atoms with Gasteiger partial charge in [-0.2, -0.15) is 0 Å². The number of hydrogen-bond acceptors (Lipinski definition) is 6. The van der Waals surface area contributed by atoms with Crippen LogP contribution in [0, 0.1) is 13.8 Å². The normalized spacial score (nSPS) is 11.3. The summed E-state index contributed by atoms with van der Waals surface area (Å²) in [5.41, 5.74) is 2.47. The zero-order chi connectivity index (χ0) is 23.7. The lowest BCUT2D eigenvalue weighted by atomic mass is 10.3. The summed E-state index contributed by atoms with van der Waals surface area (Å²) in [6, 6.07) is 11.6. The van der Waals surface area contributed by atoms with Gasteiger partial charge < -0.3 is 5.32 Å². The number of carbonyl (C=O) groups excluding carboxylic acids is 1. The molecule has 0 spiro atoms. The molecule has 0 unspecified atom stereocenters. The molecule has 0 aliphatic heterocycles. The lowest BCUT2D eigenvalue weighted by Gasteiger charge is -2.13.